The fourth-order valence-corrected chi connectivity index (χ4v) is 3.17. The number of hydrogen-bond acceptors (Lipinski definition) is 4. The number of benzene rings is 1. The number of Topliss-reactive ketones (excluding diaryl/α,β-unsaturated/α-hetero) is 1. The van der Waals surface area contributed by atoms with Gasteiger partial charge in [0.2, 0.25) is 0 Å². The number of piperidine rings is 1. The van der Waals surface area contributed by atoms with E-state index in [2.05, 4.69) is 30.9 Å². The SMILES string of the molecule is CC(C)c1ccc2c(c1)C(O)C(N1CCC(=O)CC1)CO2. The van der Waals surface area contributed by atoms with E-state index >= 15 is 0 Å². The Morgan fingerprint density at radius 3 is 2.67 bits per heavy atom. The van der Waals surface area contributed by atoms with Crippen LogP contribution in [0.2, 0.25) is 0 Å². The van der Waals surface area contributed by atoms with Crippen molar-refractivity contribution < 1.29 is 14.6 Å². The fourth-order valence-electron chi connectivity index (χ4n) is 3.17. The minimum Gasteiger partial charge on any atom is -0.491 e. The normalized spacial score (nSPS) is 26.6. The molecular formula is C17H23NO3. The van der Waals surface area contributed by atoms with Gasteiger partial charge in [0, 0.05) is 31.5 Å². The number of nitrogens with zero attached hydrogens (tertiary/aromatic N) is 1. The van der Waals surface area contributed by atoms with Gasteiger partial charge in [-0.3, -0.25) is 9.69 Å². The van der Waals surface area contributed by atoms with E-state index in [4.69, 9.17) is 4.74 Å². The minimum atomic E-state index is -0.541. The van der Waals surface area contributed by atoms with Crippen molar-refractivity contribution in [2.45, 2.75) is 44.8 Å². The Morgan fingerprint density at radius 2 is 2.00 bits per heavy atom. The molecule has 0 saturated carbocycles. The van der Waals surface area contributed by atoms with Crippen molar-refractivity contribution in [1.29, 1.82) is 0 Å². The molecule has 2 heterocycles. The van der Waals surface area contributed by atoms with Gasteiger partial charge in [0.15, 0.2) is 0 Å². The third kappa shape index (κ3) is 2.83. The van der Waals surface area contributed by atoms with E-state index in [0.29, 0.717) is 31.1 Å². The van der Waals surface area contributed by atoms with Gasteiger partial charge in [-0.2, -0.15) is 0 Å². The van der Waals surface area contributed by atoms with Gasteiger partial charge in [-0.05, 0) is 23.6 Å². The first kappa shape index (κ1) is 14.5. The highest BCUT2D eigenvalue weighted by Gasteiger charge is 2.35. The van der Waals surface area contributed by atoms with Crippen LogP contribution in [0.4, 0.5) is 0 Å². The van der Waals surface area contributed by atoms with E-state index < -0.39 is 6.10 Å². The van der Waals surface area contributed by atoms with Crippen LogP contribution in [0.25, 0.3) is 0 Å². The molecule has 0 aliphatic carbocycles. The maximum atomic E-state index is 11.4. The third-order valence-corrected chi connectivity index (χ3v) is 4.62. The Kier molecular flexibility index (Phi) is 4.00. The second-order valence-corrected chi connectivity index (χ2v) is 6.35. The lowest BCUT2D eigenvalue weighted by molar-refractivity contribution is -0.123. The number of hydrogen-bond donors (Lipinski definition) is 1. The van der Waals surface area contributed by atoms with Crippen LogP contribution in [-0.4, -0.2) is 41.5 Å². The van der Waals surface area contributed by atoms with E-state index in [1.54, 1.807) is 0 Å². The van der Waals surface area contributed by atoms with E-state index in [9.17, 15) is 9.90 Å². The molecule has 2 unspecified atom stereocenters. The van der Waals surface area contributed by atoms with Gasteiger partial charge in [-0.15, -0.1) is 0 Å². The zero-order valence-corrected chi connectivity index (χ0v) is 12.7. The highest BCUT2D eigenvalue weighted by atomic mass is 16.5. The average Bonchev–Trinajstić information content (AvgIpc) is 2.48. The molecule has 1 aromatic rings. The molecule has 0 bridgehead atoms. The summed E-state index contributed by atoms with van der Waals surface area (Å²) in [6.45, 7) is 6.23. The molecule has 4 heteroatoms. The maximum Gasteiger partial charge on any atom is 0.135 e. The van der Waals surface area contributed by atoms with E-state index in [1.807, 2.05) is 6.07 Å². The Bertz CT molecular complexity index is 531. The van der Waals surface area contributed by atoms with Crippen LogP contribution in [0.3, 0.4) is 0 Å². The second-order valence-electron chi connectivity index (χ2n) is 6.35. The Balaban J connectivity index is 1.82. The van der Waals surface area contributed by atoms with E-state index in [1.165, 1.54) is 5.56 Å². The third-order valence-electron chi connectivity index (χ3n) is 4.62. The summed E-state index contributed by atoms with van der Waals surface area (Å²) in [4.78, 5) is 13.6. The predicted molar refractivity (Wildman–Crippen MR) is 80.6 cm³/mol. The molecule has 2 aliphatic heterocycles. The maximum absolute atomic E-state index is 11.4. The standard InChI is InChI=1S/C17H23NO3/c1-11(2)12-3-4-16-14(9-12)17(20)15(10-21-16)18-7-5-13(19)6-8-18/h3-4,9,11,15,17,20H,5-8,10H2,1-2H3. The lowest BCUT2D eigenvalue weighted by Gasteiger charge is -2.40. The monoisotopic (exact) mass is 289 g/mol. The number of ketones is 1. The van der Waals surface area contributed by atoms with Crippen LogP contribution >= 0.6 is 0 Å². The van der Waals surface area contributed by atoms with Crippen molar-refractivity contribution in [2.24, 2.45) is 0 Å². The molecule has 0 radical (unpaired) electrons. The van der Waals surface area contributed by atoms with Gasteiger partial charge in [0.05, 0.1) is 6.04 Å². The van der Waals surface area contributed by atoms with Crippen LogP contribution < -0.4 is 4.74 Å². The first-order valence-electron chi connectivity index (χ1n) is 7.76. The summed E-state index contributed by atoms with van der Waals surface area (Å²) in [6, 6.07) is 6.04. The summed E-state index contributed by atoms with van der Waals surface area (Å²) < 4.78 is 5.83. The first-order chi connectivity index (χ1) is 10.1. The molecule has 0 aromatic heterocycles. The van der Waals surface area contributed by atoms with Gasteiger partial charge < -0.3 is 9.84 Å². The average molecular weight is 289 g/mol. The van der Waals surface area contributed by atoms with Crippen LogP contribution in [0, 0.1) is 0 Å². The van der Waals surface area contributed by atoms with Crippen molar-refractivity contribution >= 4 is 5.78 Å². The number of rotatable bonds is 2. The fraction of sp³-hybridized carbons (Fsp3) is 0.588. The minimum absolute atomic E-state index is 0.0481. The highest BCUT2D eigenvalue weighted by molar-refractivity contribution is 5.79. The van der Waals surface area contributed by atoms with Gasteiger partial charge in [0.1, 0.15) is 24.2 Å². The number of aliphatic hydroxyl groups excluding tert-OH is 1. The summed E-state index contributed by atoms with van der Waals surface area (Å²) in [6.07, 6.45) is 0.630. The summed E-state index contributed by atoms with van der Waals surface area (Å²) >= 11 is 0. The topological polar surface area (TPSA) is 49.8 Å². The molecular weight excluding hydrogens is 266 g/mol. The molecule has 0 amide bonds. The van der Waals surface area contributed by atoms with E-state index in [-0.39, 0.29) is 6.04 Å². The molecule has 114 valence electrons. The number of carbonyl (C=O) groups is 1. The van der Waals surface area contributed by atoms with Crippen molar-refractivity contribution in [3.05, 3.63) is 29.3 Å². The van der Waals surface area contributed by atoms with Crippen LogP contribution in [0.5, 0.6) is 5.75 Å². The molecule has 3 rings (SSSR count). The van der Waals surface area contributed by atoms with Gasteiger partial charge in [-0.25, -0.2) is 0 Å². The van der Waals surface area contributed by atoms with Gasteiger partial charge in [0.25, 0.3) is 0 Å². The molecule has 0 spiro atoms. The van der Waals surface area contributed by atoms with Gasteiger partial charge in [-0.1, -0.05) is 19.9 Å². The Labute approximate surface area is 125 Å². The predicted octanol–water partition coefficient (Wildman–Crippen LogP) is 2.27. The smallest absolute Gasteiger partial charge is 0.135 e. The number of likely N-dealkylation sites (tertiary alicyclic amines) is 1. The quantitative estimate of drug-likeness (QED) is 0.907. The number of aliphatic hydroxyl groups is 1. The lowest BCUT2D eigenvalue weighted by Crippen LogP contribution is -2.49. The van der Waals surface area contributed by atoms with Crippen molar-refractivity contribution in [3.8, 4) is 5.75 Å². The summed E-state index contributed by atoms with van der Waals surface area (Å²) in [5.74, 6) is 1.53. The molecule has 2 aliphatic rings. The molecule has 1 saturated heterocycles. The lowest BCUT2D eigenvalue weighted by atomic mass is 9.92. The Morgan fingerprint density at radius 1 is 1.29 bits per heavy atom. The molecule has 1 fully saturated rings. The van der Waals surface area contributed by atoms with Crippen LogP contribution in [-0.2, 0) is 4.79 Å². The van der Waals surface area contributed by atoms with Crippen molar-refractivity contribution in [2.75, 3.05) is 19.7 Å². The molecule has 2 atom stereocenters. The second kappa shape index (κ2) is 5.78. The van der Waals surface area contributed by atoms with Crippen molar-refractivity contribution in [1.82, 2.24) is 4.90 Å². The summed E-state index contributed by atoms with van der Waals surface area (Å²) in [5.41, 5.74) is 2.10. The van der Waals surface area contributed by atoms with Crippen LogP contribution in [0.15, 0.2) is 18.2 Å². The summed E-state index contributed by atoms with van der Waals surface area (Å²) in [7, 11) is 0. The molecule has 21 heavy (non-hydrogen) atoms. The Hall–Kier alpha value is -1.39. The molecule has 1 aromatic carbocycles. The molecule has 4 nitrogen and oxygen atoms in total. The molecule has 1 N–H and O–H groups in total. The zero-order chi connectivity index (χ0) is 15.0. The first-order valence-corrected chi connectivity index (χ1v) is 7.76. The largest absolute Gasteiger partial charge is 0.491 e. The van der Waals surface area contributed by atoms with E-state index in [0.717, 1.165) is 24.4 Å². The van der Waals surface area contributed by atoms with Crippen molar-refractivity contribution in [3.63, 3.8) is 0 Å². The highest BCUT2D eigenvalue weighted by Crippen LogP contribution is 2.36. The van der Waals surface area contributed by atoms with Gasteiger partial charge >= 0.3 is 0 Å². The summed E-state index contributed by atoms with van der Waals surface area (Å²) in [5, 5.41) is 10.7. The number of fused-ring (bicyclic) bond motifs is 1. The number of ether oxygens (including phenoxy) is 1. The zero-order valence-electron chi connectivity index (χ0n) is 12.7. The number of carbonyl (C=O) groups excluding carboxylic acids is 1. The van der Waals surface area contributed by atoms with Crippen LogP contribution in [0.1, 0.15) is 49.8 Å².